The van der Waals surface area contributed by atoms with Gasteiger partial charge in [-0.2, -0.15) is 0 Å². The summed E-state index contributed by atoms with van der Waals surface area (Å²) in [5.41, 5.74) is 1.31. The lowest BCUT2D eigenvalue weighted by Crippen LogP contribution is -2.56. The molecule has 1 aromatic heterocycles. The molecular weight excluding hydrogens is 408 g/mol. The molecule has 0 bridgehead atoms. The van der Waals surface area contributed by atoms with Crippen molar-refractivity contribution >= 4 is 17.9 Å². The van der Waals surface area contributed by atoms with Gasteiger partial charge in [-0.05, 0) is 36.5 Å². The number of amides is 3. The van der Waals surface area contributed by atoms with Crippen LogP contribution >= 0.6 is 0 Å². The zero-order valence-corrected chi connectivity index (χ0v) is 18.3. The minimum Gasteiger partial charge on any atom is -0.468 e. The number of likely N-dealkylation sites (tertiary alicyclic amines) is 1. The third kappa shape index (κ3) is 4.36. The van der Waals surface area contributed by atoms with E-state index in [1.165, 1.54) is 7.11 Å². The van der Waals surface area contributed by atoms with Crippen LogP contribution in [-0.4, -0.2) is 76.4 Å². The topological polar surface area (TPSA) is 83.1 Å². The zero-order valence-electron chi connectivity index (χ0n) is 18.3. The Labute approximate surface area is 187 Å². The number of carbonyl (C=O) groups is 3. The lowest BCUT2D eigenvalue weighted by atomic mass is 9.85. The molecule has 2 aliphatic heterocycles. The quantitative estimate of drug-likeness (QED) is 0.488. The van der Waals surface area contributed by atoms with Crippen LogP contribution in [0.15, 0.2) is 54.9 Å². The highest BCUT2D eigenvalue weighted by Crippen LogP contribution is 2.37. The summed E-state index contributed by atoms with van der Waals surface area (Å²) in [6.07, 6.45) is 5.30. The number of rotatable bonds is 7. The van der Waals surface area contributed by atoms with Crippen LogP contribution < -0.4 is 0 Å². The lowest BCUT2D eigenvalue weighted by Gasteiger charge is -2.42. The molecule has 4 rings (SSSR count). The van der Waals surface area contributed by atoms with E-state index in [0.717, 1.165) is 22.6 Å². The standard InChI is InChI=1S/C24H28N4O4/c1-32-21(29)18-27-22(30)24(28(23(27)31)13-9-19-6-3-2-4-7-19)10-14-26(15-11-24)17-20-8-5-12-25-16-20/h2-8,12,16H,9-11,13-15,17-18H2,1H3. The van der Waals surface area contributed by atoms with Crippen molar-refractivity contribution in [2.24, 2.45) is 0 Å². The molecule has 2 fully saturated rings. The number of esters is 1. The second kappa shape index (κ2) is 9.48. The first kappa shape index (κ1) is 22.0. The number of imide groups is 1. The van der Waals surface area contributed by atoms with E-state index in [0.29, 0.717) is 38.9 Å². The van der Waals surface area contributed by atoms with Crippen LogP contribution in [0.5, 0.6) is 0 Å². The van der Waals surface area contributed by atoms with E-state index >= 15 is 0 Å². The Morgan fingerprint density at radius 3 is 2.44 bits per heavy atom. The summed E-state index contributed by atoms with van der Waals surface area (Å²) in [6.45, 7) is 2.19. The molecule has 0 N–H and O–H groups in total. The van der Waals surface area contributed by atoms with E-state index < -0.39 is 17.5 Å². The summed E-state index contributed by atoms with van der Waals surface area (Å²) < 4.78 is 4.71. The van der Waals surface area contributed by atoms with E-state index in [-0.39, 0.29) is 12.5 Å². The van der Waals surface area contributed by atoms with Crippen molar-refractivity contribution < 1.29 is 19.1 Å². The van der Waals surface area contributed by atoms with Gasteiger partial charge in [0.25, 0.3) is 5.91 Å². The van der Waals surface area contributed by atoms with Gasteiger partial charge in [0, 0.05) is 38.6 Å². The number of hydrogen-bond donors (Lipinski definition) is 0. The number of ether oxygens (including phenoxy) is 1. The Bertz CT molecular complexity index is 958. The van der Waals surface area contributed by atoms with Crippen molar-refractivity contribution in [2.75, 3.05) is 33.3 Å². The van der Waals surface area contributed by atoms with Gasteiger partial charge in [0.2, 0.25) is 0 Å². The van der Waals surface area contributed by atoms with Crippen molar-refractivity contribution in [3.05, 3.63) is 66.0 Å². The van der Waals surface area contributed by atoms with Crippen LogP contribution in [0.1, 0.15) is 24.0 Å². The number of methoxy groups -OCH3 is 1. The minimum atomic E-state index is -0.911. The third-order valence-corrected chi connectivity index (χ3v) is 6.42. The second-order valence-electron chi connectivity index (χ2n) is 8.31. The minimum absolute atomic E-state index is 0.290. The lowest BCUT2D eigenvalue weighted by molar-refractivity contribution is -0.146. The number of piperidine rings is 1. The molecule has 3 heterocycles. The average Bonchev–Trinajstić information content (AvgIpc) is 3.01. The fraction of sp³-hybridized carbons (Fsp3) is 0.417. The van der Waals surface area contributed by atoms with E-state index in [9.17, 15) is 14.4 Å². The van der Waals surface area contributed by atoms with Crippen molar-refractivity contribution in [2.45, 2.75) is 31.3 Å². The molecule has 0 saturated carbocycles. The maximum atomic E-state index is 13.5. The summed E-state index contributed by atoms with van der Waals surface area (Å²) in [5, 5.41) is 0. The monoisotopic (exact) mass is 436 g/mol. The third-order valence-electron chi connectivity index (χ3n) is 6.42. The van der Waals surface area contributed by atoms with Gasteiger partial charge in [0.1, 0.15) is 12.1 Å². The molecule has 2 aromatic rings. The van der Waals surface area contributed by atoms with Crippen molar-refractivity contribution in [1.82, 2.24) is 19.7 Å². The van der Waals surface area contributed by atoms with Gasteiger partial charge in [-0.15, -0.1) is 0 Å². The second-order valence-corrected chi connectivity index (χ2v) is 8.31. The average molecular weight is 437 g/mol. The van der Waals surface area contributed by atoms with Crippen LogP contribution in [0.25, 0.3) is 0 Å². The number of benzene rings is 1. The molecule has 2 aliphatic rings. The van der Waals surface area contributed by atoms with Gasteiger partial charge in [-0.3, -0.25) is 24.4 Å². The molecule has 8 heteroatoms. The normalized spacial score (nSPS) is 18.4. The van der Waals surface area contributed by atoms with Gasteiger partial charge < -0.3 is 9.64 Å². The van der Waals surface area contributed by atoms with Crippen molar-refractivity contribution in [1.29, 1.82) is 0 Å². The van der Waals surface area contributed by atoms with Crippen LogP contribution in [0.4, 0.5) is 4.79 Å². The van der Waals surface area contributed by atoms with Crippen molar-refractivity contribution in [3.8, 4) is 0 Å². The molecule has 0 aliphatic carbocycles. The van der Waals surface area contributed by atoms with Crippen LogP contribution in [0, 0.1) is 0 Å². The molecule has 32 heavy (non-hydrogen) atoms. The van der Waals surface area contributed by atoms with Gasteiger partial charge in [0.15, 0.2) is 0 Å². The number of hydrogen-bond acceptors (Lipinski definition) is 6. The van der Waals surface area contributed by atoms with Crippen LogP contribution in [0.3, 0.4) is 0 Å². The van der Waals surface area contributed by atoms with Crippen LogP contribution in [0.2, 0.25) is 0 Å². The van der Waals surface area contributed by atoms with Crippen LogP contribution in [-0.2, 0) is 27.3 Å². The van der Waals surface area contributed by atoms with Gasteiger partial charge in [-0.1, -0.05) is 36.4 Å². The molecule has 0 radical (unpaired) electrons. The summed E-state index contributed by atoms with van der Waals surface area (Å²) in [4.78, 5) is 47.8. The Morgan fingerprint density at radius 1 is 1.06 bits per heavy atom. The van der Waals surface area contributed by atoms with Gasteiger partial charge >= 0.3 is 12.0 Å². The number of pyridine rings is 1. The number of aromatic nitrogens is 1. The first-order chi connectivity index (χ1) is 15.5. The predicted octanol–water partition coefficient (Wildman–Crippen LogP) is 2.10. The highest BCUT2D eigenvalue weighted by molar-refractivity contribution is 6.08. The highest BCUT2D eigenvalue weighted by atomic mass is 16.5. The molecule has 2 saturated heterocycles. The summed E-state index contributed by atoms with van der Waals surface area (Å²) in [7, 11) is 1.26. The fourth-order valence-corrected chi connectivity index (χ4v) is 4.63. The molecule has 0 unspecified atom stereocenters. The smallest absolute Gasteiger partial charge is 0.328 e. The molecule has 8 nitrogen and oxygen atoms in total. The maximum Gasteiger partial charge on any atom is 0.328 e. The van der Waals surface area contributed by atoms with E-state index in [4.69, 9.17) is 4.74 Å². The first-order valence-corrected chi connectivity index (χ1v) is 10.9. The van der Waals surface area contributed by atoms with E-state index in [1.54, 1.807) is 11.1 Å². The molecule has 3 amide bonds. The van der Waals surface area contributed by atoms with Gasteiger partial charge in [-0.25, -0.2) is 4.79 Å². The molecule has 168 valence electrons. The molecule has 1 aromatic carbocycles. The highest BCUT2D eigenvalue weighted by Gasteiger charge is 2.58. The molecular formula is C24H28N4O4. The first-order valence-electron chi connectivity index (χ1n) is 10.9. The predicted molar refractivity (Wildman–Crippen MR) is 117 cm³/mol. The number of urea groups is 1. The molecule has 0 atom stereocenters. The summed E-state index contributed by atoms with van der Waals surface area (Å²) in [5.74, 6) is -0.886. The number of carbonyl (C=O) groups excluding carboxylic acids is 3. The number of nitrogens with zero attached hydrogens (tertiary/aromatic N) is 4. The summed E-state index contributed by atoms with van der Waals surface area (Å²) in [6, 6.07) is 13.4. The van der Waals surface area contributed by atoms with Crippen molar-refractivity contribution in [3.63, 3.8) is 0 Å². The van der Waals surface area contributed by atoms with Gasteiger partial charge in [0.05, 0.1) is 7.11 Å². The Morgan fingerprint density at radius 2 is 1.78 bits per heavy atom. The Kier molecular flexibility index (Phi) is 6.50. The largest absolute Gasteiger partial charge is 0.468 e. The van der Waals surface area contributed by atoms with E-state index in [2.05, 4.69) is 9.88 Å². The Hall–Kier alpha value is -3.26. The zero-order chi connectivity index (χ0) is 22.6. The SMILES string of the molecule is COC(=O)CN1C(=O)N(CCc2ccccc2)C2(CCN(Cc3cccnc3)CC2)C1=O. The Balaban J connectivity index is 1.51. The molecule has 1 spiro atoms. The maximum absolute atomic E-state index is 13.5. The fourth-order valence-electron chi connectivity index (χ4n) is 4.63. The summed E-state index contributed by atoms with van der Waals surface area (Å²) >= 11 is 0. The van der Waals surface area contributed by atoms with E-state index in [1.807, 2.05) is 48.7 Å².